The maximum absolute atomic E-state index is 12.9. The van der Waals surface area contributed by atoms with Gasteiger partial charge in [0.05, 0.1) is 18.0 Å². The molecule has 0 atom stereocenters. The summed E-state index contributed by atoms with van der Waals surface area (Å²) in [6, 6.07) is 14.0. The molecule has 3 heterocycles. The second kappa shape index (κ2) is 8.67. The number of benzene rings is 2. The van der Waals surface area contributed by atoms with Crippen molar-refractivity contribution in [3.05, 3.63) is 52.9 Å². The molecule has 0 saturated carbocycles. The van der Waals surface area contributed by atoms with E-state index in [9.17, 15) is 4.79 Å². The molecular formula is C24H23N3O2S3. The largest absolute Gasteiger partial charge is 0.370 e. The van der Waals surface area contributed by atoms with Gasteiger partial charge in [0.1, 0.15) is 9.86 Å². The summed E-state index contributed by atoms with van der Waals surface area (Å²) in [5.41, 5.74) is 1.89. The number of carbonyl (C=O) groups is 1. The fraction of sp³-hybridized carbons (Fsp3) is 0.292. The summed E-state index contributed by atoms with van der Waals surface area (Å²) in [5.74, 6) is 0.241. The summed E-state index contributed by atoms with van der Waals surface area (Å²) in [5, 5.41) is 7.91. The lowest BCUT2D eigenvalue weighted by Crippen LogP contribution is -2.31. The molecule has 1 aliphatic heterocycles. The average molecular weight is 482 g/mol. The van der Waals surface area contributed by atoms with Crippen LogP contribution in [0.1, 0.15) is 24.3 Å². The van der Waals surface area contributed by atoms with Crippen LogP contribution in [0.3, 0.4) is 0 Å². The molecule has 5 nitrogen and oxygen atoms in total. The number of anilines is 1. The minimum atomic E-state index is -0.215. The van der Waals surface area contributed by atoms with E-state index in [1.807, 2.05) is 48.7 Å². The predicted octanol–water partition coefficient (Wildman–Crippen LogP) is 6.15. The van der Waals surface area contributed by atoms with Crippen molar-refractivity contribution in [3.63, 3.8) is 0 Å². The van der Waals surface area contributed by atoms with E-state index >= 15 is 0 Å². The van der Waals surface area contributed by atoms with Crippen LogP contribution in [0.4, 0.5) is 5.69 Å². The van der Waals surface area contributed by atoms with Gasteiger partial charge in [-0.15, -0.1) is 11.3 Å². The maximum Gasteiger partial charge on any atom is 0.234 e. The van der Waals surface area contributed by atoms with E-state index in [-0.39, 0.29) is 17.3 Å². The number of thiophene rings is 1. The minimum Gasteiger partial charge on any atom is -0.370 e. The monoisotopic (exact) mass is 481 g/mol. The number of rotatable bonds is 5. The van der Waals surface area contributed by atoms with E-state index in [1.54, 1.807) is 11.3 Å². The standard InChI is InChI=1S/C24H23N3O2S3/c1-24(2)11-16-18(12-29-24)32-22-20(16)21(26-23(27-22)30-3)31-13-19(28)25-17-10-6-8-14-7-4-5-9-15(14)17/h4-10H,11-13H2,1-3H3,(H,25,28). The zero-order valence-electron chi connectivity index (χ0n) is 18.1. The van der Waals surface area contributed by atoms with E-state index < -0.39 is 0 Å². The van der Waals surface area contributed by atoms with Gasteiger partial charge in [-0.3, -0.25) is 4.79 Å². The van der Waals surface area contributed by atoms with Crippen LogP contribution in [0.5, 0.6) is 0 Å². The van der Waals surface area contributed by atoms with Crippen molar-refractivity contribution in [2.45, 2.75) is 42.7 Å². The molecule has 0 saturated heterocycles. The van der Waals surface area contributed by atoms with E-state index in [2.05, 4.69) is 19.2 Å². The van der Waals surface area contributed by atoms with Crippen LogP contribution in [-0.4, -0.2) is 33.5 Å². The van der Waals surface area contributed by atoms with Crippen LogP contribution in [0, 0.1) is 0 Å². The lowest BCUT2D eigenvalue weighted by atomic mass is 9.95. The Labute approximate surface area is 199 Å². The number of aromatic nitrogens is 2. The summed E-state index contributed by atoms with van der Waals surface area (Å²) >= 11 is 4.68. The van der Waals surface area contributed by atoms with Gasteiger partial charge < -0.3 is 10.1 Å². The fourth-order valence-corrected chi connectivity index (χ4v) is 6.45. The highest BCUT2D eigenvalue weighted by atomic mass is 32.2. The SMILES string of the molecule is CSc1nc(SCC(=O)Nc2cccc3ccccc23)c2c3c(sc2n1)COC(C)(C)C3. The predicted molar refractivity (Wildman–Crippen MR) is 135 cm³/mol. The number of carbonyl (C=O) groups excluding carboxylic acids is 1. The number of hydrogen-bond donors (Lipinski definition) is 1. The third-order valence-electron chi connectivity index (χ3n) is 5.46. The van der Waals surface area contributed by atoms with Crippen LogP contribution in [0.25, 0.3) is 21.0 Å². The number of hydrogen-bond acceptors (Lipinski definition) is 7. The zero-order chi connectivity index (χ0) is 22.3. The molecule has 0 unspecified atom stereocenters. The summed E-state index contributed by atoms with van der Waals surface area (Å²) < 4.78 is 6.00. The van der Waals surface area contributed by atoms with Crippen molar-refractivity contribution in [2.24, 2.45) is 0 Å². The van der Waals surface area contributed by atoms with Crippen LogP contribution in [0.2, 0.25) is 0 Å². The molecule has 164 valence electrons. The number of nitrogens with one attached hydrogen (secondary N) is 1. The molecule has 0 spiro atoms. The van der Waals surface area contributed by atoms with Crippen molar-refractivity contribution in [2.75, 3.05) is 17.3 Å². The van der Waals surface area contributed by atoms with Crippen molar-refractivity contribution >= 4 is 67.4 Å². The summed E-state index contributed by atoms with van der Waals surface area (Å²) in [7, 11) is 0. The quantitative estimate of drug-likeness (QED) is 0.210. The zero-order valence-corrected chi connectivity index (χ0v) is 20.5. The molecule has 0 bridgehead atoms. The van der Waals surface area contributed by atoms with Gasteiger partial charge in [-0.25, -0.2) is 9.97 Å². The Morgan fingerprint density at radius 2 is 2.00 bits per heavy atom. The Hall–Kier alpha value is -2.13. The van der Waals surface area contributed by atoms with Crippen molar-refractivity contribution in [1.29, 1.82) is 0 Å². The summed E-state index contributed by atoms with van der Waals surface area (Å²) in [6.07, 6.45) is 2.79. The van der Waals surface area contributed by atoms with E-state index in [0.29, 0.717) is 6.61 Å². The van der Waals surface area contributed by atoms with Crippen LogP contribution < -0.4 is 5.32 Å². The Balaban J connectivity index is 1.42. The van der Waals surface area contributed by atoms with E-state index in [1.165, 1.54) is 34.0 Å². The first-order chi connectivity index (χ1) is 15.4. The molecule has 4 aromatic rings. The third kappa shape index (κ3) is 4.24. The molecule has 0 fully saturated rings. The number of nitrogens with zero attached hydrogens (tertiary/aromatic N) is 2. The van der Waals surface area contributed by atoms with Gasteiger partial charge >= 0.3 is 0 Å². The van der Waals surface area contributed by atoms with Gasteiger partial charge in [-0.1, -0.05) is 59.9 Å². The van der Waals surface area contributed by atoms with Crippen molar-refractivity contribution in [1.82, 2.24) is 9.97 Å². The lowest BCUT2D eigenvalue weighted by Gasteiger charge is -2.30. The van der Waals surface area contributed by atoms with Gasteiger partial charge in [-0.2, -0.15) is 0 Å². The molecule has 8 heteroatoms. The van der Waals surface area contributed by atoms with Gasteiger partial charge in [0.2, 0.25) is 5.91 Å². The fourth-order valence-electron chi connectivity index (χ4n) is 3.94. The Kier molecular flexibility index (Phi) is 5.88. The Bertz CT molecular complexity index is 1330. The third-order valence-corrected chi connectivity index (χ3v) is 8.09. The van der Waals surface area contributed by atoms with E-state index in [4.69, 9.17) is 14.7 Å². The number of fused-ring (bicyclic) bond motifs is 4. The molecule has 2 aromatic heterocycles. The van der Waals surface area contributed by atoms with Crippen LogP contribution in [-0.2, 0) is 22.6 Å². The molecule has 2 aromatic carbocycles. The number of thioether (sulfide) groups is 2. The molecular weight excluding hydrogens is 458 g/mol. The first-order valence-corrected chi connectivity index (χ1v) is 13.4. The second-order valence-electron chi connectivity index (χ2n) is 8.29. The Morgan fingerprint density at radius 1 is 1.19 bits per heavy atom. The molecule has 1 N–H and O–H groups in total. The highest BCUT2D eigenvalue weighted by molar-refractivity contribution is 8.00. The molecule has 1 amide bonds. The maximum atomic E-state index is 12.9. The second-order valence-corrected chi connectivity index (χ2v) is 11.1. The average Bonchev–Trinajstić information content (AvgIpc) is 3.14. The molecule has 0 aliphatic carbocycles. The summed E-state index contributed by atoms with van der Waals surface area (Å²) in [6.45, 7) is 4.83. The molecule has 1 aliphatic rings. The Morgan fingerprint density at radius 3 is 2.84 bits per heavy atom. The number of ether oxygens (including phenoxy) is 1. The van der Waals surface area contributed by atoms with Gasteiger partial charge in [0.25, 0.3) is 0 Å². The minimum absolute atomic E-state index is 0.0448. The normalized spacial score (nSPS) is 15.1. The van der Waals surface area contributed by atoms with E-state index in [0.717, 1.165) is 43.3 Å². The van der Waals surface area contributed by atoms with Crippen LogP contribution in [0.15, 0.2) is 52.6 Å². The molecule has 32 heavy (non-hydrogen) atoms. The highest BCUT2D eigenvalue weighted by Crippen LogP contribution is 2.42. The number of amides is 1. The topological polar surface area (TPSA) is 64.1 Å². The highest BCUT2D eigenvalue weighted by Gasteiger charge is 2.31. The van der Waals surface area contributed by atoms with Crippen molar-refractivity contribution < 1.29 is 9.53 Å². The first kappa shape index (κ1) is 21.7. The lowest BCUT2D eigenvalue weighted by molar-refractivity contribution is -0.113. The smallest absolute Gasteiger partial charge is 0.234 e. The van der Waals surface area contributed by atoms with Crippen molar-refractivity contribution in [3.8, 4) is 0 Å². The molecule has 5 rings (SSSR count). The van der Waals surface area contributed by atoms with Gasteiger partial charge in [0, 0.05) is 27.8 Å². The van der Waals surface area contributed by atoms with Gasteiger partial charge in [0.15, 0.2) is 5.16 Å². The molecule has 0 radical (unpaired) electrons. The summed E-state index contributed by atoms with van der Waals surface area (Å²) in [4.78, 5) is 24.6. The van der Waals surface area contributed by atoms with Gasteiger partial charge in [-0.05, 0) is 37.1 Å². The first-order valence-electron chi connectivity index (χ1n) is 10.3. The van der Waals surface area contributed by atoms with Crippen LogP contribution >= 0.6 is 34.9 Å².